The van der Waals surface area contributed by atoms with Gasteiger partial charge in [-0.25, -0.2) is 9.37 Å². The molecule has 2 heterocycles. The third kappa shape index (κ3) is 4.80. The van der Waals surface area contributed by atoms with Crippen LogP contribution in [0.25, 0.3) is 10.2 Å². The van der Waals surface area contributed by atoms with Gasteiger partial charge in [0.05, 0.1) is 22.3 Å². The number of rotatable bonds is 7. The predicted octanol–water partition coefficient (Wildman–Crippen LogP) is 5.49. The maximum absolute atomic E-state index is 14.4. The van der Waals surface area contributed by atoms with Crippen LogP contribution in [0.4, 0.5) is 15.2 Å². The van der Waals surface area contributed by atoms with Crippen molar-refractivity contribution in [1.29, 1.82) is 0 Å². The lowest BCUT2D eigenvalue weighted by Gasteiger charge is -2.10. The predicted molar refractivity (Wildman–Crippen MR) is 132 cm³/mol. The van der Waals surface area contributed by atoms with E-state index in [2.05, 4.69) is 15.6 Å². The Bertz CT molecular complexity index is 1500. The number of carbonyl (C=O) groups excluding carboxylic acids is 2. The first-order valence-electron chi connectivity index (χ1n) is 11.4. The molecule has 4 aromatic rings. The Morgan fingerprint density at radius 3 is 2.67 bits per heavy atom. The van der Waals surface area contributed by atoms with Crippen molar-refractivity contribution in [3.8, 4) is 23.0 Å². The van der Waals surface area contributed by atoms with Gasteiger partial charge in [0.15, 0.2) is 16.6 Å². The monoisotopic (exact) mass is 505 g/mol. The topological polar surface area (TPSA) is 98.8 Å². The molecular weight excluding hydrogens is 485 g/mol. The molecule has 0 spiro atoms. The average molecular weight is 506 g/mol. The van der Waals surface area contributed by atoms with Crippen LogP contribution in [0.5, 0.6) is 23.0 Å². The number of nitrogens with zero attached hydrogens (tertiary/aromatic N) is 1. The molecular formula is C26H20FN3O5S. The van der Waals surface area contributed by atoms with Gasteiger partial charge in [-0.2, -0.15) is 0 Å². The minimum atomic E-state index is -0.574. The quantitative estimate of drug-likeness (QED) is 0.345. The molecule has 1 aliphatic carbocycles. The number of hydrogen-bond donors (Lipinski definition) is 2. The molecule has 2 amide bonds. The lowest BCUT2D eigenvalue weighted by Crippen LogP contribution is -2.15. The Hall–Kier alpha value is -4.18. The van der Waals surface area contributed by atoms with Gasteiger partial charge in [0.1, 0.15) is 17.3 Å². The second-order valence-corrected chi connectivity index (χ2v) is 9.60. The Balaban J connectivity index is 1.13. The summed E-state index contributed by atoms with van der Waals surface area (Å²) >= 11 is 1.36. The first-order valence-corrected chi connectivity index (χ1v) is 12.2. The van der Waals surface area contributed by atoms with Crippen LogP contribution in [-0.4, -0.2) is 23.6 Å². The molecule has 182 valence electrons. The highest BCUT2D eigenvalue weighted by atomic mass is 32.1. The molecule has 1 saturated carbocycles. The summed E-state index contributed by atoms with van der Waals surface area (Å²) in [5.74, 6) is 1.25. The number of benzene rings is 3. The second kappa shape index (κ2) is 9.12. The number of anilines is 2. The molecule has 1 fully saturated rings. The molecule has 0 saturated heterocycles. The fourth-order valence-electron chi connectivity index (χ4n) is 3.81. The SMILES string of the molecule is O=C(Cc1ccc2c(c1)OCO2)Nc1cc(Oc2ccc3nc(NC(=O)C4CC4)sc3c2)ccc1F. The summed E-state index contributed by atoms with van der Waals surface area (Å²) in [6.07, 6.45) is 1.89. The summed E-state index contributed by atoms with van der Waals surface area (Å²) in [6, 6.07) is 14.7. The van der Waals surface area contributed by atoms with Crippen LogP contribution in [0.15, 0.2) is 54.6 Å². The molecule has 0 atom stereocenters. The third-order valence-corrected chi connectivity index (χ3v) is 6.72. The number of carbonyl (C=O) groups is 2. The van der Waals surface area contributed by atoms with Crippen LogP contribution in [-0.2, 0) is 16.0 Å². The largest absolute Gasteiger partial charge is 0.457 e. The summed E-state index contributed by atoms with van der Waals surface area (Å²) in [4.78, 5) is 29.0. The van der Waals surface area contributed by atoms with E-state index >= 15 is 0 Å². The number of thiazole rings is 1. The fraction of sp³-hybridized carbons (Fsp3) is 0.192. The summed E-state index contributed by atoms with van der Waals surface area (Å²) in [5, 5.41) is 6.01. The van der Waals surface area contributed by atoms with Crippen molar-refractivity contribution in [2.45, 2.75) is 19.3 Å². The van der Waals surface area contributed by atoms with Gasteiger partial charge in [0, 0.05) is 18.1 Å². The van der Waals surface area contributed by atoms with E-state index in [-0.39, 0.29) is 36.6 Å². The number of amides is 2. The number of fused-ring (bicyclic) bond motifs is 2. The molecule has 6 rings (SSSR count). The molecule has 10 heteroatoms. The second-order valence-electron chi connectivity index (χ2n) is 8.57. The van der Waals surface area contributed by atoms with E-state index in [0.717, 1.165) is 28.6 Å². The van der Waals surface area contributed by atoms with E-state index in [4.69, 9.17) is 14.2 Å². The highest BCUT2D eigenvalue weighted by Gasteiger charge is 2.30. The first-order chi connectivity index (χ1) is 17.5. The fourth-order valence-corrected chi connectivity index (χ4v) is 4.70. The standard InChI is InChI=1S/C26H20FN3O5S/c27-18-6-4-16(11-20(18)28-24(31)10-14-1-8-21-22(9-14)34-13-33-21)35-17-5-7-19-23(12-17)36-26(29-19)30-25(32)15-2-3-15/h1,4-9,11-12,15H,2-3,10,13H2,(H,28,31)(H,29,30,32). The lowest BCUT2D eigenvalue weighted by molar-refractivity contribution is -0.117. The van der Waals surface area contributed by atoms with Crippen LogP contribution in [0, 0.1) is 11.7 Å². The van der Waals surface area contributed by atoms with Gasteiger partial charge < -0.3 is 24.8 Å². The van der Waals surface area contributed by atoms with Crippen molar-refractivity contribution >= 4 is 44.2 Å². The highest BCUT2D eigenvalue weighted by molar-refractivity contribution is 7.22. The molecule has 1 aliphatic heterocycles. The van der Waals surface area contributed by atoms with E-state index in [9.17, 15) is 14.0 Å². The summed E-state index contributed by atoms with van der Waals surface area (Å²) < 4.78 is 31.8. The highest BCUT2D eigenvalue weighted by Crippen LogP contribution is 2.35. The number of halogens is 1. The van der Waals surface area contributed by atoms with Crippen molar-refractivity contribution in [2.75, 3.05) is 17.4 Å². The normalized spacial score (nSPS) is 14.0. The van der Waals surface area contributed by atoms with Crippen LogP contribution < -0.4 is 24.8 Å². The van der Waals surface area contributed by atoms with Crippen LogP contribution in [0.2, 0.25) is 0 Å². The Labute approximate surface area is 209 Å². The molecule has 0 radical (unpaired) electrons. The minimum absolute atomic E-state index is 0.00458. The summed E-state index contributed by atoms with van der Waals surface area (Å²) in [7, 11) is 0. The molecule has 1 aromatic heterocycles. The van der Waals surface area contributed by atoms with Gasteiger partial charge >= 0.3 is 0 Å². The molecule has 3 aromatic carbocycles. The van der Waals surface area contributed by atoms with Gasteiger partial charge in [-0.05, 0) is 54.8 Å². The lowest BCUT2D eigenvalue weighted by atomic mass is 10.1. The van der Waals surface area contributed by atoms with E-state index < -0.39 is 5.82 Å². The van der Waals surface area contributed by atoms with Crippen LogP contribution in [0.1, 0.15) is 18.4 Å². The van der Waals surface area contributed by atoms with E-state index in [1.807, 2.05) is 0 Å². The summed E-state index contributed by atoms with van der Waals surface area (Å²) in [5.41, 5.74) is 1.48. The zero-order valence-corrected chi connectivity index (χ0v) is 19.7. The zero-order chi connectivity index (χ0) is 24.6. The van der Waals surface area contributed by atoms with Crippen molar-refractivity contribution < 1.29 is 28.2 Å². The van der Waals surface area contributed by atoms with Gasteiger partial charge in [-0.3, -0.25) is 9.59 Å². The molecule has 8 nitrogen and oxygen atoms in total. The van der Waals surface area contributed by atoms with Crippen LogP contribution >= 0.6 is 11.3 Å². The van der Waals surface area contributed by atoms with E-state index in [0.29, 0.717) is 28.1 Å². The molecule has 36 heavy (non-hydrogen) atoms. The third-order valence-electron chi connectivity index (χ3n) is 5.79. The van der Waals surface area contributed by atoms with Crippen LogP contribution in [0.3, 0.4) is 0 Å². The number of nitrogens with one attached hydrogen (secondary N) is 2. The molecule has 0 bridgehead atoms. The van der Waals surface area contributed by atoms with Crippen molar-refractivity contribution in [1.82, 2.24) is 4.98 Å². The number of hydrogen-bond acceptors (Lipinski definition) is 7. The van der Waals surface area contributed by atoms with Crippen molar-refractivity contribution in [2.24, 2.45) is 5.92 Å². The maximum Gasteiger partial charge on any atom is 0.231 e. The molecule has 2 aliphatic rings. The van der Waals surface area contributed by atoms with Crippen molar-refractivity contribution in [3.05, 3.63) is 66.0 Å². The van der Waals surface area contributed by atoms with Gasteiger partial charge in [0.25, 0.3) is 0 Å². The Morgan fingerprint density at radius 1 is 1.00 bits per heavy atom. The zero-order valence-electron chi connectivity index (χ0n) is 18.9. The van der Waals surface area contributed by atoms with Gasteiger partial charge in [-0.15, -0.1) is 0 Å². The van der Waals surface area contributed by atoms with Gasteiger partial charge in [0.2, 0.25) is 18.6 Å². The van der Waals surface area contributed by atoms with Crippen molar-refractivity contribution in [3.63, 3.8) is 0 Å². The Morgan fingerprint density at radius 2 is 1.81 bits per heavy atom. The molecule has 0 unspecified atom stereocenters. The number of aromatic nitrogens is 1. The van der Waals surface area contributed by atoms with Gasteiger partial charge in [-0.1, -0.05) is 17.4 Å². The number of ether oxygens (including phenoxy) is 3. The molecule has 2 N–H and O–H groups in total. The average Bonchev–Trinajstić information content (AvgIpc) is 3.48. The smallest absolute Gasteiger partial charge is 0.231 e. The Kier molecular flexibility index (Phi) is 5.65. The van der Waals surface area contributed by atoms with E-state index in [1.165, 1.54) is 29.5 Å². The first kappa shape index (κ1) is 22.3. The minimum Gasteiger partial charge on any atom is -0.457 e. The van der Waals surface area contributed by atoms with E-state index in [1.54, 1.807) is 36.4 Å². The maximum atomic E-state index is 14.4. The summed E-state index contributed by atoms with van der Waals surface area (Å²) in [6.45, 7) is 0.150.